The van der Waals surface area contributed by atoms with Gasteiger partial charge in [-0.05, 0) is 57.9 Å². The van der Waals surface area contributed by atoms with Crippen molar-refractivity contribution in [2.75, 3.05) is 19.7 Å². The molecule has 134 valence electrons. The van der Waals surface area contributed by atoms with Crippen LogP contribution in [0.5, 0.6) is 5.75 Å². The maximum atomic E-state index is 12.4. The molecule has 1 aliphatic rings. The summed E-state index contributed by atoms with van der Waals surface area (Å²) in [5, 5.41) is 12.9. The molecule has 1 aromatic rings. The molecule has 1 fully saturated rings. The van der Waals surface area contributed by atoms with E-state index >= 15 is 0 Å². The molecule has 1 heterocycles. The minimum absolute atomic E-state index is 0.0120. The van der Waals surface area contributed by atoms with Crippen molar-refractivity contribution in [3.05, 3.63) is 29.8 Å². The van der Waals surface area contributed by atoms with Crippen molar-refractivity contribution in [2.24, 2.45) is 0 Å². The average molecular weight is 334 g/mol. The number of aliphatic hydroxyl groups excluding tert-OH is 1. The summed E-state index contributed by atoms with van der Waals surface area (Å²) in [5.41, 5.74) is 1.11. The van der Waals surface area contributed by atoms with E-state index in [0.717, 1.165) is 37.1 Å². The largest absolute Gasteiger partial charge is 0.491 e. The molecule has 1 amide bonds. The number of hydrogen-bond acceptors (Lipinski definition) is 4. The van der Waals surface area contributed by atoms with Crippen LogP contribution in [-0.2, 0) is 4.79 Å². The Hall–Kier alpha value is -1.59. The maximum absolute atomic E-state index is 12.4. The number of carbonyl (C=O) groups excluding carboxylic acids is 1. The van der Waals surface area contributed by atoms with Crippen LogP contribution in [0.4, 0.5) is 0 Å². The van der Waals surface area contributed by atoms with Crippen LogP contribution in [0.2, 0.25) is 0 Å². The van der Waals surface area contributed by atoms with Gasteiger partial charge in [0.05, 0.1) is 6.04 Å². The third kappa shape index (κ3) is 5.49. The summed E-state index contributed by atoms with van der Waals surface area (Å²) in [6, 6.07) is 7.98. The number of rotatable bonds is 7. The Morgan fingerprint density at radius 2 is 2.21 bits per heavy atom. The first-order chi connectivity index (χ1) is 11.5. The number of nitrogens with one attached hydrogen (secondary N) is 1. The van der Waals surface area contributed by atoms with Crippen LogP contribution in [0.3, 0.4) is 0 Å². The smallest absolute Gasteiger partial charge is 0.237 e. The molecule has 1 saturated heterocycles. The molecule has 5 heteroatoms. The van der Waals surface area contributed by atoms with Gasteiger partial charge in [-0.25, -0.2) is 0 Å². The van der Waals surface area contributed by atoms with Crippen molar-refractivity contribution in [2.45, 2.75) is 58.2 Å². The van der Waals surface area contributed by atoms with E-state index in [0.29, 0.717) is 6.04 Å². The second-order valence-corrected chi connectivity index (χ2v) is 6.87. The summed E-state index contributed by atoms with van der Waals surface area (Å²) in [6.07, 6.45) is 2.40. The van der Waals surface area contributed by atoms with E-state index in [2.05, 4.69) is 24.1 Å². The predicted molar refractivity (Wildman–Crippen MR) is 95.2 cm³/mol. The zero-order valence-corrected chi connectivity index (χ0v) is 15.0. The van der Waals surface area contributed by atoms with Gasteiger partial charge in [0.2, 0.25) is 5.91 Å². The molecule has 24 heavy (non-hydrogen) atoms. The van der Waals surface area contributed by atoms with Gasteiger partial charge < -0.3 is 15.2 Å². The standard InChI is InChI=1S/C19H30N2O3/c1-14(2)21-10-5-4-9-18(21)19(23)20-12-16(22)13-24-17-8-6-7-15(3)11-17/h6-8,11,14,16,18,22H,4-5,9-10,12-13H2,1-3H3,(H,20,23). The normalized spacial score (nSPS) is 20.0. The summed E-state index contributed by atoms with van der Waals surface area (Å²) < 4.78 is 5.57. The molecule has 2 unspecified atom stereocenters. The number of amides is 1. The van der Waals surface area contributed by atoms with Gasteiger partial charge in [0.15, 0.2) is 0 Å². The van der Waals surface area contributed by atoms with E-state index in [1.807, 2.05) is 31.2 Å². The molecule has 1 aliphatic heterocycles. The monoisotopic (exact) mass is 334 g/mol. The highest BCUT2D eigenvalue weighted by Gasteiger charge is 2.30. The van der Waals surface area contributed by atoms with Gasteiger partial charge >= 0.3 is 0 Å². The van der Waals surface area contributed by atoms with Crippen LogP contribution in [-0.4, -0.2) is 53.8 Å². The van der Waals surface area contributed by atoms with Gasteiger partial charge in [0.1, 0.15) is 18.5 Å². The Kier molecular flexibility index (Phi) is 7.06. The van der Waals surface area contributed by atoms with Gasteiger partial charge in [0.25, 0.3) is 0 Å². The topological polar surface area (TPSA) is 61.8 Å². The zero-order chi connectivity index (χ0) is 17.5. The van der Waals surface area contributed by atoms with E-state index in [1.165, 1.54) is 0 Å². The molecule has 1 aromatic carbocycles. The lowest BCUT2D eigenvalue weighted by molar-refractivity contribution is -0.129. The van der Waals surface area contributed by atoms with Gasteiger partial charge in [-0.1, -0.05) is 18.6 Å². The molecule has 0 spiro atoms. The minimum Gasteiger partial charge on any atom is -0.491 e. The minimum atomic E-state index is -0.717. The fourth-order valence-electron chi connectivity index (χ4n) is 3.15. The lowest BCUT2D eigenvalue weighted by Crippen LogP contribution is -2.53. The quantitative estimate of drug-likeness (QED) is 0.802. The predicted octanol–water partition coefficient (Wildman–Crippen LogP) is 2.11. The van der Waals surface area contributed by atoms with Gasteiger partial charge in [-0.3, -0.25) is 9.69 Å². The summed E-state index contributed by atoms with van der Waals surface area (Å²) in [4.78, 5) is 14.7. The van der Waals surface area contributed by atoms with Crippen LogP contribution in [0.1, 0.15) is 38.7 Å². The fraction of sp³-hybridized carbons (Fsp3) is 0.632. The Bertz CT molecular complexity index is 533. The van der Waals surface area contributed by atoms with Crippen LogP contribution in [0.25, 0.3) is 0 Å². The van der Waals surface area contributed by atoms with Crippen molar-refractivity contribution >= 4 is 5.91 Å². The molecule has 0 saturated carbocycles. The Labute approximate surface area is 145 Å². The third-order valence-electron chi connectivity index (χ3n) is 4.45. The molecule has 0 aromatic heterocycles. The number of aliphatic hydroxyl groups is 1. The number of nitrogens with zero attached hydrogens (tertiary/aromatic N) is 1. The first-order valence-electron chi connectivity index (χ1n) is 8.88. The zero-order valence-electron chi connectivity index (χ0n) is 15.0. The summed E-state index contributed by atoms with van der Waals surface area (Å²) in [6.45, 7) is 7.59. The number of ether oxygens (including phenoxy) is 1. The highest BCUT2D eigenvalue weighted by atomic mass is 16.5. The lowest BCUT2D eigenvalue weighted by atomic mass is 9.99. The summed E-state index contributed by atoms with van der Waals surface area (Å²) in [7, 11) is 0. The average Bonchev–Trinajstić information content (AvgIpc) is 2.58. The van der Waals surface area contributed by atoms with Crippen molar-refractivity contribution in [1.29, 1.82) is 0 Å². The Balaban J connectivity index is 1.76. The number of hydrogen-bond donors (Lipinski definition) is 2. The Morgan fingerprint density at radius 3 is 2.92 bits per heavy atom. The van der Waals surface area contributed by atoms with E-state index < -0.39 is 6.10 Å². The second kappa shape index (κ2) is 9.04. The molecule has 2 N–H and O–H groups in total. The number of likely N-dealkylation sites (tertiary alicyclic amines) is 1. The molecular formula is C19H30N2O3. The second-order valence-electron chi connectivity index (χ2n) is 6.87. The molecule has 0 radical (unpaired) electrons. The van der Waals surface area contributed by atoms with Crippen LogP contribution < -0.4 is 10.1 Å². The number of piperidine rings is 1. The van der Waals surface area contributed by atoms with Crippen molar-refractivity contribution in [3.8, 4) is 5.75 Å². The van der Waals surface area contributed by atoms with E-state index in [9.17, 15) is 9.90 Å². The SMILES string of the molecule is Cc1cccc(OCC(O)CNC(=O)C2CCCCN2C(C)C)c1. The van der Waals surface area contributed by atoms with E-state index in [-0.39, 0.29) is 25.1 Å². The molecular weight excluding hydrogens is 304 g/mol. The van der Waals surface area contributed by atoms with E-state index in [1.54, 1.807) is 0 Å². The highest BCUT2D eigenvalue weighted by Crippen LogP contribution is 2.19. The van der Waals surface area contributed by atoms with Crippen molar-refractivity contribution < 1.29 is 14.6 Å². The van der Waals surface area contributed by atoms with E-state index in [4.69, 9.17) is 4.74 Å². The number of benzene rings is 1. The van der Waals surface area contributed by atoms with Gasteiger partial charge in [0, 0.05) is 12.6 Å². The maximum Gasteiger partial charge on any atom is 0.237 e. The highest BCUT2D eigenvalue weighted by molar-refractivity contribution is 5.81. The lowest BCUT2D eigenvalue weighted by Gasteiger charge is -2.37. The van der Waals surface area contributed by atoms with Crippen LogP contribution >= 0.6 is 0 Å². The third-order valence-corrected chi connectivity index (χ3v) is 4.45. The van der Waals surface area contributed by atoms with Crippen molar-refractivity contribution in [3.63, 3.8) is 0 Å². The van der Waals surface area contributed by atoms with Gasteiger partial charge in [-0.15, -0.1) is 0 Å². The molecule has 0 aliphatic carbocycles. The summed E-state index contributed by atoms with van der Waals surface area (Å²) in [5.74, 6) is 0.747. The van der Waals surface area contributed by atoms with Crippen LogP contribution in [0, 0.1) is 6.92 Å². The fourth-order valence-corrected chi connectivity index (χ4v) is 3.15. The Morgan fingerprint density at radius 1 is 1.42 bits per heavy atom. The molecule has 5 nitrogen and oxygen atoms in total. The molecule has 2 atom stereocenters. The molecule has 0 bridgehead atoms. The van der Waals surface area contributed by atoms with Gasteiger partial charge in [-0.2, -0.15) is 0 Å². The number of aryl methyl sites for hydroxylation is 1. The first-order valence-corrected chi connectivity index (χ1v) is 8.88. The molecule has 2 rings (SSSR count). The van der Waals surface area contributed by atoms with Crippen molar-refractivity contribution in [1.82, 2.24) is 10.2 Å². The number of carbonyl (C=O) groups is 1. The summed E-state index contributed by atoms with van der Waals surface area (Å²) >= 11 is 0. The first kappa shape index (κ1) is 18.7. The van der Waals surface area contributed by atoms with Crippen LogP contribution in [0.15, 0.2) is 24.3 Å².